The summed E-state index contributed by atoms with van der Waals surface area (Å²) in [5.41, 5.74) is 15.3. The first-order valence-corrected chi connectivity index (χ1v) is 16.4. The normalized spacial score (nSPS) is 11.8. The zero-order valence-electron chi connectivity index (χ0n) is 25.0. The minimum absolute atomic E-state index is 0.674. The zero-order valence-corrected chi connectivity index (χ0v) is 25.8. The molecule has 1 nitrogen and oxygen atoms in total. The molecule has 0 spiro atoms. The number of rotatable bonds is 4. The third-order valence-electron chi connectivity index (χ3n) is 9.35. The molecule has 1 aromatic heterocycles. The quantitative estimate of drug-likeness (QED) is 0.197. The molecule has 214 valence electrons. The van der Waals surface area contributed by atoms with Crippen molar-refractivity contribution in [2.45, 2.75) is 6.42 Å². The highest BCUT2D eigenvalue weighted by molar-refractivity contribution is 7.26. The van der Waals surface area contributed by atoms with Crippen LogP contribution in [0.1, 0.15) is 16.7 Å². The Morgan fingerprint density at radius 2 is 1.09 bits per heavy atom. The van der Waals surface area contributed by atoms with E-state index in [2.05, 4.69) is 146 Å². The van der Waals surface area contributed by atoms with Crippen LogP contribution in [0.3, 0.4) is 0 Å². The van der Waals surface area contributed by atoms with E-state index >= 15 is 0 Å². The summed E-state index contributed by atoms with van der Waals surface area (Å²) in [7, 11) is 0. The second-order valence-corrected chi connectivity index (χ2v) is 13.1. The van der Waals surface area contributed by atoms with E-state index in [1.165, 1.54) is 70.2 Å². The first-order valence-electron chi connectivity index (χ1n) is 15.6. The summed E-state index contributed by atoms with van der Waals surface area (Å²) < 4.78 is 2.65. The fourth-order valence-corrected chi connectivity index (χ4v) is 8.38. The predicted octanol–water partition coefficient (Wildman–Crippen LogP) is 12.2. The number of hydrogen-bond acceptors (Lipinski definition) is 2. The van der Waals surface area contributed by atoms with Crippen LogP contribution in [-0.4, -0.2) is 0 Å². The van der Waals surface area contributed by atoms with Crippen LogP contribution in [0.15, 0.2) is 152 Å². The molecular weight excluding hydrogens is 575 g/mol. The molecule has 0 radical (unpaired) electrons. The Morgan fingerprint density at radius 3 is 1.98 bits per heavy atom. The van der Waals surface area contributed by atoms with Crippen molar-refractivity contribution < 1.29 is 0 Å². The van der Waals surface area contributed by atoms with Gasteiger partial charge in [0.05, 0.1) is 11.6 Å². The van der Waals surface area contributed by atoms with E-state index in [4.69, 9.17) is 0 Å². The SMILES string of the molecule is N#Cc1cc(-c2ccc(-c3cccc(-c4cccc5c4sc4ccccc45)c3)cc2)cc(-c2cccc3c2Cc2ccccc2-3)c1. The Balaban J connectivity index is 1.07. The minimum atomic E-state index is 0.674. The monoisotopic (exact) mass is 601 g/mol. The van der Waals surface area contributed by atoms with Gasteiger partial charge in [-0.15, -0.1) is 11.3 Å². The highest BCUT2D eigenvalue weighted by atomic mass is 32.1. The summed E-state index contributed by atoms with van der Waals surface area (Å²) in [6.45, 7) is 0. The van der Waals surface area contributed by atoms with Crippen molar-refractivity contribution in [2.24, 2.45) is 0 Å². The summed E-state index contributed by atoms with van der Waals surface area (Å²) in [6.07, 6.45) is 0.916. The van der Waals surface area contributed by atoms with E-state index in [0.29, 0.717) is 5.56 Å². The number of benzene rings is 7. The molecule has 7 aromatic carbocycles. The van der Waals surface area contributed by atoms with Crippen molar-refractivity contribution in [1.82, 2.24) is 0 Å². The van der Waals surface area contributed by atoms with Crippen LogP contribution in [0.25, 0.3) is 75.8 Å². The van der Waals surface area contributed by atoms with Gasteiger partial charge in [0.25, 0.3) is 0 Å². The Bertz CT molecular complexity index is 2510. The molecule has 0 unspecified atom stereocenters. The maximum atomic E-state index is 9.99. The van der Waals surface area contributed by atoms with Crippen LogP contribution in [-0.2, 0) is 6.42 Å². The molecule has 46 heavy (non-hydrogen) atoms. The van der Waals surface area contributed by atoms with Crippen LogP contribution >= 0.6 is 11.3 Å². The van der Waals surface area contributed by atoms with Gasteiger partial charge in [0.1, 0.15) is 0 Å². The van der Waals surface area contributed by atoms with Gasteiger partial charge in [0.2, 0.25) is 0 Å². The second-order valence-electron chi connectivity index (χ2n) is 12.0. The van der Waals surface area contributed by atoms with E-state index in [1.807, 2.05) is 23.5 Å². The Labute approximate surface area is 272 Å². The molecule has 1 heterocycles. The molecule has 0 saturated heterocycles. The zero-order chi connectivity index (χ0) is 30.6. The van der Waals surface area contributed by atoms with Crippen molar-refractivity contribution in [3.63, 3.8) is 0 Å². The van der Waals surface area contributed by atoms with Crippen LogP contribution < -0.4 is 0 Å². The van der Waals surface area contributed by atoms with Gasteiger partial charge < -0.3 is 0 Å². The molecule has 1 aliphatic carbocycles. The lowest BCUT2D eigenvalue weighted by Crippen LogP contribution is -1.91. The molecule has 0 saturated carbocycles. The van der Waals surface area contributed by atoms with E-state index in [-0.39, 0.29) is 0 Å². The van der Waals surface area contributed by atoms with Crippen LogP contribution in [0, 0.1) is 11.3 Å². The van der Waals surface area contributed by atoms with Crippen molar-refractivity contribution in [2.75, 3.05) is 0 Å². The topological polar surface area (TPSA) is 23.8 Å². The van der Waals surface area contributed by atoms with Gasteiger partial charge in [-0.3, -0.25) is 0 Å². The molecule has 0 atom stereocenters. The lowest BCUT2D eigenvalue weighted by molar-refractivity contribution is 1.26. The van der Waals surface area contributed by atoms with Gasteiger partial charge in [-0.05, 0) is 104 Å². The molecule has 9 rings (SSSR count). The molecule has 0 N–H and O–H groups in total. The maximum Gasteiger partial charge on any atom is 0.0992 e. The summed E-state index contributed by atoms with van der Waals surface area (Å²) in [5, 5.41) is 12.6. The minimum Gasteiger partial charge on any atom is -0.192 e. The van der Waals surface area contributed by atoms with Crippen molar-refractivity contribution in [3.05, 3.63) is 168 Å². The summed E-state index contributed by atoms with van der Waals surface area (Å²) in [5.74, 6) is 0. The molecule has 0 bridgehead atoms. The van der Waals surface area contributed by atoms with Crippen LogP contribution in [0.5, 0.6) is 0 Å². The van der Waals surface area contributed by atoms with Gasteiger partial charge in [-0.25, -0.2) is 0 Å². The number of thiophene rings is 1. The van der Waals surface area contributed by atoms with Gasteiger partial charge >= 0.3 is 0 Å². The highest BCUT2D eigenvalue weighted by Gasteiger charge is 2.21. The molecule has 0 amide bonds. The average Bonchev–Trinajstić information content (AvgIpc) is 3.70. The molecular formula is C44H27NS. The lowest BCUT2D eigenvalue weighted by Gasteiger charge is -2.12. The number of fused-ring (bicyclic) bond motifs is 6. The third-order valence-corrected chi connectivity index (χ3v) is 10.6. The lowest BCUT2D eigenvalue weighted by atomic mass is 9.91. The van der Waals surface area contributed by atoms with E-state index in [9.17, 15) is 5.26 Å². The van der Waals surface area contributed by atoms with E-state index in [1.54, 1.807) is 0 Å². The fourth-order valence-electron chi connectivity index (χ4n) is 7.14. The van der Waals surface area contributed by atoms with Crippen LogP contribution in [0.4, 0.5) is 0 Å². The maximum absolute atomic E-state index is 9.99. The third kappa shape index (κ3) is 4.37. The van der Waals surface area contributed by atoms with Gasteiger partial charge in [-0.1, -0.05) is 121 Å². The smallest absolute Gasteiger partial charge is 0.0992 e. The molecule has 0 aliphatic heterocycles. The molecule has 0 fully saturated rings. The number of nitrogens with zero attached hydrogens (tertiary/aromatic N) is 1. The molecule has 8 aromatic rings. The van der Waals surface area contributed by atoms with Gasteiger partial charge in [0.15, 0.2) is 0 Å². The first kappa shape index (κ1) is 26.6. The summed E-state index contributed by atoms with van der Waals surface area (Å²) in [4.78, 5) is 0. The second kappa shape index (κ2) is 10.7. The number of hydrogen-bond donors (Lipinski definition) is 0. The van der Waals surface area contributed by atoms with Gasteiger partial charge in [0, 0.05) is 20.2 Å². The largest absolute Gasteiger partial charge is 0.192 e. The van der Waals surface area contributed by atoms with E-state index in [0.717, 1.165) is 23.1 Å². The van der Waals surface area contributed by atoms with Crippen molar-refractivity contribution in [1.29, 1.82) is 5.26 Å². The molecule has 2 heteroatoms. The molecule has 1 aliphatic rings. The average molecular weight is 602 g/mol. The Morgan fingerprint density at radius 1 is 0.457 bits per heavy atom. The highest BCUT2D eigenvalue weighted by Crippen LogP contribution is 2.43. The first-order chi connectivity index (χ1) is 22.7. The van der Waals surface area contributed by atoms with Crippen LogP contribution in [0.2, 0.25) is 0 Å². The standard InChI is InChI=1S/C44H27NS/c45-27-28-22-34(25-35(23-28)37-13-6-15-39-36-11-2-1-8-33(36)26-42(37)39)30-20-18-29(19-21-30)31-9-5-10-32(24-31)38-14-7-16-41-40-12-3-4-17-43(40)46-44(38)41/h1-25H,26H2. The number of nitriles is 1. The fraction of sp³-hybridized carbons (Fsp3) is 0.0227. The van der Waals surface area contributed by atoms with E-state index < -0.39 is 0 Å². The Hall–Kier alpha value is -5.75. The Kier molecular flexibility index (Phi) is 6.20. The van der Waals surface area contributed by atoms with Gasteiger partial charge in [-0.2, -0.15) is 5.26 Å². The van der Waals surface area contributed by atoms with Crippen molar-refractivity contribution in [3.8, 4) is 61.7 Å². The summed E-state index contributed by atoms with van der Waals surface area (Å²) in [6, 6.07) is 56.8. The summed E-state index contributed by atoms with van der Waals surface area (Å²) >= 11 is 1.87. The van der Waals surface area contributed by atoms with Crippen molar-refractivity contribution >= 4 is 31.5 Å². The predicted molar refractivity (Wildman–Crippen MR) is 194 cm³/mol.